The lowest BCUT2D eigenvalue weighted by atomic mass is 10.1. The van der Waals surface area contributed by atoms with Crippen LogP contribution in [0.5, 0.6) is 0 Å². The van der Waals surface area contributed by atoms with Crippen molar-refractivity contribution in [3.63, 3.8) is 0 Å². The molecule has 0 aromatic heterocycles. The van der Waals surface area contributed by atoms with Crippen LogP contribution in [-0.2, 0) is 9.84 Å². The van der Waals surface area contributed by atoms with Crippen LogP contribution in [0.15, 0.2) is 46.3 Å². The zero-order valence-electron chi connectivity index (χ0n) is 14.6. The van der Waals surface area contributed by atoms with Crippen molar-refractivity contribution in [2.45, 2.75) is 29.9 Å². The molecule has 0 amide bonds. The van der Waals surface area contributed by atoms with Gasteiger partial charge in [-0.2, -0.15) is 0 Å². The van der Waals surface area contributed by atoms with Gasteiger partial charge >= 0.3 is 0 Å². The fourth-order valence-electron chi connectivity index (χ4n) is 3.45. The highest BCUT2D eigenvalue weighted by Gasteiger charge is 2.38. The SMILES string of the molecule is CS(=O)(=O)c1cccc2c1=CN(c1c(F)cccc1F)[C@H](C(N)C1CC1)N=2. The smallest absolute Gasteiger partial charge is 0.176 e. The van der Waals surface area contributed by atoms with Crippen molar-refractivity contribution in [3.05, 3.63) is 58.6 Å². The number of halogens is 2. The maximum Gasteiger partial charge on any atom is 0.176 e. The highest BCUT2D eigenvalue weighted by atomic mass is 32.2. The molecular weight excluding hydrogens is 372 g/mol. The topological polar surface area (TPSA) is 75.8 Å². The number of nitrogens with zero attached hydrogens (tertiary/aromatic N) is 2. The molecule has 1 aliphatic carbocycles. The summed E-state index contributed by atoms with van der Waals surface area (Å²) in [7, 11) is -3.55. The second-order valence-electron chi connectivity index (χ2n) is 7.03. The molecule has 142 valence electrons. The summed E-state index contributed by atoms with van der Waals surface area (Å²) in [6.07, 6.45) is 3.71. The Kier molecular flexibility index (Phi) is 4.27. The summed E-state index contributed by atoms with van der Waals surface area (Å²) in [6.45, 7) is 0. The molecule has 8 heteroatoms. The first-order chi connectivity index (χ1) is 12.8. The Hall–Kier alpha value is -2.32. The van der Waals surface area contributed by atoms with Gasteiger partial charge in [-0.25, -0.2) is 17.2 Å². The number of para-hydroxylation sites is 1. The van der Waals surface area contributed by atoms with Gasteiger partial charge in [0.1, 0.15) is 23.5 Å². The molecular formula is C19H19F2N3O2S. The molecule has 2 N–H and O–H groups in total. The summed E-state index contributed by atoms with van der Waals surface area (Å²) in [4.78, 5) is 5.99. The van der Waals surface area contributed by atoms with E-state index in [1.165, 1.54) is 23.2 Å². The summed E-state index contributed by atoms with van der Waals surface area (Å²) in [6, 6.07) is 7.91. The minimum atomic E-state index is -3.55. The second-order valence-corrected chi connectivity index (χ2v) is 9.01. The minimum absolute atomic E-state index is 0.0592. The van der Waals surface area contributed by atoms with E-state index in [1.807, 2.05) is 0 Å². The molecule has 1 fully saturated rings. The third kappa shape index (κ3) is 3.23. The van der Waals surface area contributed by atoms with Gasteiger partial charge in [0.05, 0.1) is 10.3 Å². The Labute approximate surface area is 155 Å². The number of hydrogen-bond acceptors (Lipinski definition) is 5. The van der Waals surface area contributed by atoms with Gasteiger partial charge in [-0.05, 0) is 43.0 Å². The van der Waals surface area contributed by atoms with Gasteiger partial charge in [-0.1, -0.05) is 12.1 Å². The van der Waals surface area contributed by atoms with E-state index in [0.29, 0.717) is 10.6 Å². The zero-order valence-corrected chi connectivity index (χ0v) is 15.5. The lowest BCUT2D eigenvalue weighted by Gasteiger charge is -2.34. The molecule has 2 aliphatic rings. The minimum Gasteiger partial charge on any atom is -0.324 e. The number of nitrogens with two attached hydrogens (primary N) is 1. The number of hydrogen-bond donors (Lipinski definition) is 1. The molecule has 2 atom stereocenters. The Bertz CT molecular complexity index is 1110. The molecule has 4 rings (SSSR count). The molecule has 1 saturated carbocycles. The number of fused-ring (bicyclic) bond motifs is 1. The number of sulfone groups is 1. The van der Waals surface area contributed by atoms with Crippen molar-refractivity contribution in [2.75, 3.05) is 11.2 Å². The second kappa shape index (κ2) is 6.38. The van der Waals surface area contributed by atoms with Crippen LogP contribution in [0.2, 0.25) is 0 Å². The van der Waals surface area contributed by atoms with E-state index in [9.17, 15) is 17.2 Å². The first-order valence-corrected chi connectivity index (χ1v) is 10.5. The van der Waals surface area contributed by atoms with E-state index < -0.39 is 33.7 Å². The van der Waals surface area contributed by atoms with Gasteiger partial charge in [-0.15, -0.1) is 0 Å². The molecule has 0 bridgehead atoms. The number of benzene rings is 2. The van der Waals surface area contributed by atoms with Crippen molar-refractivity contribution in [3.8, 4) is 0 Å². The van der Waals surface area contributed by atoms with Crippen molar-refractivity contribution in [1.29, 1.82) is 0 Å². The average Bonchev–Trinajstić information content (AvgIpc) is 3.44. The van der Waals surface area contributed by atoms with E-state index >= 15 is 0 Å². The van der Waals surface area contributed by atoms with Crippen molar-refractivity contribution >= 4 is 21.7 Å². The predicted molar refractivity (Wildman–Crippen MR) is 98.1 cm³/mol. The lowest BCUT2D eigenvalue weighted by Crippen LogP contribution is -2.52. The standard InChI is InChI=1S/C19H19F2N3O2S/c1-27(25,26)16-7-3-6-15-12(16)10-24(18-13(20)4-2-5-14(18)21)19(23-15)17(22)11-8-9-11/h2-7,10-11,17,19H,8-9,22H2,1H3/t17?,19-/m1/s1. The van der Waals surface area contributed by atoms with Gasteiger partial charge in [0.2, 0.25) is 0 Å². The van der Waals surface area contributed by atoms with Crippen molar-refractivity contribution in [1.82, 2.24) is 0 Å². The summed E-state index contributed by atoms with van der Waals surface area (Å²) in [5.41, 5.74) is 6.06. The van der Waals surface area contributed by atoms with Gasteiger partial charge in [-0.3, -0.25) is 4.99 Å². The van der Waals surface area contributed by atoms with E-state index in [0.717, 1.165) is 31.2 Å². The molecule has 1 heterocycles. The van der Waals surface area contributed by atoms with Crippen molar-refractivity contribution in [2.24, 2.45) is 16.6 Å². The third-order valence-corrected chi connectivity index (χ3v) is 6.13. The van der Waals surface area contributed by atoms with Gasteiger partial charge in [0.25, 0.3) is 0 Å². The third-order valence-electron chi connectivity index (χ3n) is 4.97. The van der Waals surface area contributed by atoms with Crippen LogP contribution in [0.4, 0.5) is 14.5 Å². The maximum absolute atomic E-state index is 14.5. The van der Waals surface area contributed by atoms with Crippen LogP contribution < -0.4 is 21.2 Å². The normalized spacial score (nSPS) is 20.4. The quantitative estimate of drug-likeness (QED) is 0.853. The van der Waals surface area contributed by atoms with E-state index in [1.54, 1.807) is 12.1 Å². The first kappa shape index (κ1) is 18.1. The summed E-state index contributed by atoms with van der Waals surface area (Å²) in [5, 5.41) is 0.758. The molecule has 2 aromatic rings. The Balaban J connectivity index is 1.99. The number of rotatable bonds is 4. The van der Waals surface area contributed by atoms with Crippen molar-refractivity contribution < 1.29 is 17.2 Å². The molecule has 1 aliphatic heterocycles. The van der Waals surface area contributed by atoms with E-state index in [4.69, 9.17) is 5.73 Å². The summed E-state index contributed by atoms with van der Waals surface area (Å²) in [5.74, 6) is -1.28. The number of anilines is 1. The summed E-state index contributed by atoms with van der Waals surface area (Å²) < 4.78 is 53.3. The predicted octanol–water partition coefficient (Wildman–Crippen LogP) is 1.31. The Morgan fingerprint density at radius 1 is 1.15 bits per heavy atom. The van der Waals surface area contributed by atoms with E-state index in [2.05, 4.69) is 4.99 Å². The first-order valence-electron chi connectivity index (χ1n) is 8.64. The monoisotopic (exact) mass is 391 g/mol. The Morgan fingerprint density at radius 2 is 1.78 bits per heavy atom. The molecule has 27 heavy (non-hydrogen) atoms. The molecule has 5 nitrogen and oxygen atoms in total. The molecule has 0 spiro atoms. The summed E-state index contributed by atoms with van der Waals surface area (Å²) >= 11 is 0. The van der Waals surface area contributed by atoms with Crippen LogP contribution >= 0.6 is 0 Å². The zero-order chi connectivity index (χ0) is 19.3. The lowest BCUT2D eigenvalue weighted by molar-refractivity contribution is 0.465. The van der Waals surface area contributed by atoms with E-state index in [-0.39, 0.29) is 16.5 Å². The average molecular weight is 391 g/mol. The van der Waals surface area contributed by atoms with Gasteiger partial charge in [0.15, 0.2) is 9.84 Å². The molecule has 0 saturated heterocycles. The highest BCUT2D eigenvalue weighted by Crippen LogP contribution is 2.36. The van der Waals surface area contributed by atoms with Crippen LogP contribution in [0.3, 0.4) is 0 Å². The van der Waals surface area contributed by atoms with Gasteiger partial charge < -0.3 is 10.6 Å². The fourth-order valence-corrected chi connectivity index (χ4v) is 4.33. The van der Waals surface area contributed by atoms with Crippen LogP contribution in [0.25, 0.3) is 6.20 Å². The molecule has 0 radical (unpaired) electrons. The fraction of sp³-hybridized carbons (Fsp3) is 0.316. The van der Waals surface area contributed by atoms with Crippen LogP contribution in [0.1, 0.15) is 12.8 Å². The molecule has 2 aromatic carbocycles. The van der Waals surface area contributed by atoms with Crippen LogP contribution in [0, 0.1) is 17.6 Å². The molecule has 1 unspecified atom stereocenters. The van der Waals surface area contributed by atoms with Crippen LogP contribution in [-0.4, -0.2) is 26.9 Å². The Morgan fingerprint density at radius 3 is 2.37 bits per heavy atom. The largest absolute Gasteiger partial charge is 0.324 e. The maximum atomic E-state index is 14.5. The van der Waals surface area contributed by atoms with Gasteiger partial charge in [0, 0.05) is 23.7 Å². The highest BCUT2D eigenvalue weighted by molar-refractivity contribution is 7.90.